The summed E-state index contributed by atoms with van der Waals surface area (Å²) in [5.74, 6) is -1.61. The third kappa shape index (κ3) is 8.57. The van der Waals surface area contributed by atoms with Crippen LogP contribution in [0.5, 0.6) is 0 Å². The number of halogens is 1. The van der Waals surface area contributed by atoms with Crippen molar-refractivity contribution in [2.24, 2.45) is 5.92 Å². The van der Waals surface area contributed by atoms with Gasteiger partial charge in [0.15, 0.2) is 0 Å². The van der Waals surface area contributed by atoms with Gasteiger partial charge in [0.25, 0.3) is 10.0 Å². The molecule has 0 spiro atoms. The van der Waals surface area contributed by atoms with E-state index < -0.39 is 34.3 Å². The summed E-state index contributed by atoms with van der Waals surface area (Å²) >= 11 is 0. The molecule has 7 nitrogen and oxygen atoms in total. The summed E-state index contributed by atoms with van der Waals surface area (Å²) in [7, 11) is -4.38. The minimum atomic E-state index is -4.38. The van der Waals surface area contributed by atoms with Crippen molar-refractivity contribution in [2.75, 3.05) is 17.4 Å². The van der Waals surface area contributed by atoms with Crippen molar-refractivity contribution < 1.29 is 22.4 Å². The lowest BCUT2D eigenvalue weighted by molar-refractivity contribution is -0.140. The molecule has 0 fully saturated rings. The number of nitrogens with one attached hydrogen (secondary N) is 1. The highest BCUT2D eigenvalue weighted by molar-refractivity contribution is 7.92. The van der Waals surface area contributed by atoms with E-state index in [2.05, 4.69) is 5.32 Å². The number of benzene rings is 4. The van der Waals surface area contributed by atoms with Gasteiger partial charge in [-0.1, -0.05) is 98.3 Å². The number of rotatable bonds is 13. The van der Waals surface area contributed by atoms with Crippen LogP contribution in [0.1, 0.15) is 36.1 Å². The molecule has 1 N–H and O–H groups in total. The van der Waals surface area contributed by atoms with Crippen molar-refractivity contribution in [3.05, 3.63) is 131 Å². The van der Waals surface area contributed by atoms with E-state index in [1.807, 2.05) is 82.3 Å². The zero-order valence-electron chi connectivity index (χ0n) is 26.1. The van der Waals surface area contributed by atoms with E-state index >= 15 is 4.39 Å². The van der Waals surface area contributed by atoms with Crippen LogP contribution in [0.4, 0.5) is 10.1 Å². The van der Waals surface area contributed by atoms with Crippen LogP contribution in [0.3, 0.4) is 0 Å². The van der Waals surface area contributed by atoms with E-state index in [4.69, 9.17) is 0 Å². The predicted molar refractivity (Wildman–Crippen MR) is 176 cm³/mol. The fraction of sp³-hybridized carbons (Fsp3) is 0.278. The number of aryl methyl sites for hydroxylation is 2. The summed E-state index contributed by atoms with van der Waals surface area (Å²) in [6.07, 6.45) is 0.201. The highest BCUT2D eigenvalue weighted by atomic mass is 32.2. The van der Waals surface area contributed by atoms with E-state index in [0.29, 0.717) is 6.54 Å². The maximum Gasteiger partial charge on any atom is 0.264 e. The first-order chi connectivity index (χ1) is 21.5. The molecule has 0 aliphatic carbocycles. The molecule has 4 rings (SSSR count). The molecule has 45 heavy (non-hydrogen) atoms. The number of sulfonamides is 1. The zero-order chi connectivity index (χ0) is 32.6. The van der Waals surface area contributed by atoms with Gasteiger partial charge >= 0.3 is 0 Å². The van der Waals surface area contributed by atoms with Crippen LogP contribution in [0.15, 0.2) is 108 Å². The van der Waals surface area contributed by atoms with Crippen molar-refractivity contribution in [3.63, 3.8) is 0 Å². The van der Waals surface area contributed by atoms with Crippen LogP contribution in [0, 0.1) is 25.6 Å². The highest BCUT2D eigenvalue weighted by Gasteiger charge is 2.35. The Morgan fingerprint density at radius 1 is 0.822 bits per heavy atom. The number of anilines is 1. The molecular formula is C36H40FN3O4S. The molecule has 0 saturated carbocycles. The van der Waals surface area contributed by atoms with Gasteiger partial charge in [0.2, 0.25) is 11.8 Å². The Labute approximate surface area is 265 Å². The average molecular weight is 630 g/mol. The predicted octanol–water partition coefficient (Wildman–Crippen LogP) is 6.05. The molecule has 0 saturated heterocycles. The summed E-state index contributed by atoms with van der Waals surface area (Å²) in [5.41, 5.74) is 3.14. The topological polar surface area (TPSA) is 86.8 Å². The largest absolute Gasteiger partial charge is 0.354 e. The number of hydrogen-bond donors (Lipinski definition) is 1. The lowest BCUT2D eigenvalue weighted by atomic mass is 10.0. The van der Waals surface area contributed by atoms with E-state index in [1.165, 1.54) is 35.2 Å². The number of nitrogens with zero attached hydrogens (tertiary/aromatic N) is 2. The van der Waals surface area contributed by atoms with E-state index in [9.17, 15) is 18.0 Å². The standard InChI is InChI=1S/C36H40FN3O4S/c1-26(2)23-38-36(42)34(22-29-13-6-5-7-14-29)39(24-30-15-9-8-12-28(30)4)35(41)25-40(33-17-11-10-16-32(33)37)45(43,44)31-20-18-27(3)19-21-31/h5-21,26,34H,22-25H2,1-4H3,(H,38,42)/t34-/m1/s1. The normalized spacial score (nSPS) is 12.0. The van der Waals surface area contributed by atoms with Gasteiger partial charge in [-0.2, -0.15) is 0 Å². The zero-order valence-corrected chi connectivity index (χ0v) is 26.9. The van der Waals surface area contributed by atoms with E-state index in [0.717, 1.165) is 32.6 Å². The molecule has 0 aliphatic rings. The van der Waals surface area contributed by atoms with Gasteiger partial charge in [-0.3, -0.25) is 13.9 Å². The number of amides is 2. The molecule has 236 valence electrons. The lowest BCUT2D eigenvalue weighted by Gasteiger charge is -2.34. The van der Waals surface area contributed by atoms with Crippen LogP contribution in [0.2, 0.25) is 0 Å². The molecule has 0 heterocycles. The summed E-state index contributed by atoms with van der Waals surface area (Å²) in [5, 5.41) is 2.97. The maximum atomic E-state index is 15.3. The second-order valence-electron chi connectivity index (χ2n) is 11.6. The average Bonchev–Trinajstić information content (AvgIpc) is 3.02. The van der Waals surface area contributed by atoms with Crippen molar-refractivity contribution in [1.82, 2.24) is 10.2 Å². The number of hydrogen-bond acceptors (Lipinski definition) is 4. The molecule has 9 heteroatoms. The van der Waals surface area contributed by atoms with Crippen LogP contribution in [0.25, 0.3) is 0 Å². The molecule has 0 radical (unpaired) electrons. The summed E-state index contributed by atoms with van der Waals surface area (Å²) in [4.78, 5) is 29.7. The molecule has 2 amide bonds. The fourth-order valence-corrected chi connectivity index (χ4v) is 6.37. The van der Waals surface area contributed by atoms with Gasteiger partial charge in [0.1, 0.15) is 18.4 Å². The Morgan fingerprint density at radius 2 is 1.44 bits per heavy atom. The monoisotopic (exact) mass is 629 g/mol. The molecule has 0 unspecified atom stereocenters. The van der Waals surface area contributed by atoms with Crippen LogP contribution in [-0.4, -0.2) is 44.3 Å². The minimum Gasteiger partial charge on any atom is -0.354 e. The van der Waals surface area contributed by atoms with Crippen LogP contribution >= 0.6 is 0 Å². The third-order valence-corrected chi connectivity index (χ3v) is 9.34. The van der Waals surface area contributed by atoms with Crippen molar-refractivity contribution in [2.45, 2.75) is 51.6 Å². The molecule has 4 aromatic rings. The Balaban J connectivity index is 1.81. The minimum absolute atomic E-state index is 0.0494. The fourth-order valence-electron chi connectivity index (χ4n) is 4.95. The van der Waals surface area contributed by atoms with Gasteiger partial charge in [-0.25, -0.2) is 12.8 Å². The van der Waals surface area contributed by atoms with Gasteiger partial charge < -0.3 is 10.2 Å². The first-order valence-electron chi connectivity index (χ1n) is 15.0. The maximum absolute atomic E-state index is 15.3. The van der Waals surface area contributed by atoms with Crippen LogP contribution in [-0.2, 0) is 32.6 Å². The smallest absolute Gasteiger partial charge is 0.264 e. The van der Waals surface area contributed by atoms with Crippen LogP contribution < -0.4 is 9.62 Å². The first-order valence-corrected chi connectivity index (χ1v) is 16.4. The summed E-state index contributed by atoms with van der Waals surface area (Å²) in [6, 6.07) is 27.5. The Bertz CT molecular complexity index is 1710. The summed E-state index contributed by atoms with van der Waals surface area (Å²) in [6.45, 7) is 7.43. The third-order valence-electron chi connectivity index (χ3n) is 7.57. The molecule has 1 atom stereocenters. The SMILES string of the molecule is Cc1ccc(S(=O)(=O)N(CC(=O)N(Cc2ccccc2C)[C@H](Cc2ccccc2)C(=O)NCC(C)C)c2ccccc2F)cc1. The summed E-state index contributed by atoms with van der Waals surface area (Å²) < 4.78 is 44.2. The van der Waals surface area contributed by atoms with E-state index in [1.54, 1.807) is 12.1 Å². The second kappa shape index (κ2) is 15.0. The van der Waals surface area contributed by atoms with Crippen molar-refractivity contribution >= 4 is 27.5 Å². The number of para-hydroxylation sites is 1. The molecule has 0 bridgehead atoms. The molecule has 4 aromatic carbocycles. The second-order valence-corrected chi connectivity index (χ2v) is 13.4. The molecule has 0 aromatic heterocycles. The quantitative estimate of drug-likeness (QED) is 0.195. The number of carbonyl (C=O) groups is 2. The first kappa shape index (κ1) is 33.4. The van der Waals surface area contributed by atoms with Gasteiger partial charge in [0, 0.05) is 19.5 Å². The van der Waals surface area contributed by atoms with Gasteiger partial charge in [-0.05, 0) is 60.7 Å². The lowest BCUT2D eigenvalue weighted by Crippen LogP contribution is -2.54. The van der Waals surface area contributed by atoms with Crippen molar-refractivity contribution in [1.29, 1.82) is 0 Å². The highest BCUT2D eigenvalue weighted by Crippen LogP contribution is 2.27. The Kier molecular flexibility index (Phi) is 11.1. The molecule has 0 aliphatic heterocycles. The Hall–Kier alpha value is -4.50. The van der Waals surface area contributed by atoms with Crippen molar-refractivity contribution in [3.8, 4) is 0 Å². The molecular weight excluding hydrogens is 589 g/mol. The van der Waals surface area contributed by atoms with E-state index in [-0.39, 0.29) is 35.4 Å². The van der Waals surface area contributed by atoms with Gasteiger partial charge in [-0.15, -0.1) is 0 Å². The number of carbonyl (C=O) groups excluding carboxylic acids is 2. The Morgan fingerprint density at radius 3 is 2.09 bits per heavy atom. The van der Waals surface area contributed by atoms with Gasteiger partial charge in [0.05, 0.1) is 10.6 Å².